The van der Waals surface area contributed by atoms with Crippen LogP contribution in [0.1, 0.15) is 26.5 Å². The Kier molecular flexibility index (Phi) is 4.61. The highest BCUT2D eigenvalue weighted by Crippen LogP contribution is 2.04. The summed E-state index contributed by atoms with van der Waals surface area (Å²) in [5.74, 6) is 0.481. The number of hydrogen-bond donors (Lipinski definition) is 3. The van der Waals surface area contributed by atoms with E-state index in [4.69, 9.17) is 18.0 Å². The van der Waals surface area contributed by atoms with Gasteiger partial charge in [0.1, 0.15) is 10.8 Å². The minimum atomic E-state index is -0.243. The zero-order chi connectivity index (χ0) is 13.8. The van der Waals surface area contributed by atoms with Crippen LogP contribution in [0.4, 0.5) is 5.82 Å². The highest BCUT2D eigenvalue weighted by Gasteiger charge is 2.13. The number of nitrogens with one attached hydrogen (secondary N) is 2. The van der Waals surface area contributed by atoms with E-state index >= 15 is 0 Å². The van der Waals surface area contributed by atoms with Crippen LogP contribution >= 0.6 is 12.2 Å². The molecule has 0 saturated heterocycles. The molecular weight excluding hydrogens is 248 g/mol. The summed E-state index contributed by atoms with van der Waals surface area (Å²) in [5, 5.41) is 5.77. The van der Waals surface area contributed by atoms with E-state index in [0.717, 1.165) is 0 Å². The van der Waals surface area contributed by atoms with E-state index in [1.54, 1.807) is 18.2 Å². The molecule has 0 radical (unpaired) electrons. The molecule has 0 atom stereocenters. The summed E-state index contributed by atoms with van der Waals surface area (Å²) in [5.41, 5.74) is 5.77. The van der Waals surface area contributed by atoms with Crippen molar-refractivity contribution < 1.29 is 4.79 Å². The lowest BCUT2D eigenvalue weighted by molar-refractivity contribution is -0.120. The summed E-state index contributed by atoms with van der Waals surface area (Å²) in [6.07, 6.45) is 0. The second kappa shape index (κ2) is 5.77. The van der Waals surface area contributed by atoms with Crippen molar-refractivity contribution in [2.75, 3.05) is 11.9 Å². The molecule has 0 fully saturated rings. The molecule has 1 amide bonds. The predicted molar refractivity (Wildman–Crippen MR) is 76.5 cm³/mol. The van der Waals surface area contributed by atoms with Gasteiger partial charge in [0.2, 0.25) is 5.91 Å². The van der Waals surface area contributed by atoms with Crippen LogP contribution < -0.4 is 16.4 Å². The fourth-order valence-electron chi connectivity index (χ4n) is 1.30. The molecule has 1 heterocycles. The van der Waals surface area contributed by atoms with Gasteiger partial charge in [0.25, 0.3) is 0 Å². The molecule has 98 valence electrons. The van der Waals surface area contributed by atoms with Gasteiger partial charge in [0, 0.05) is 5.54 Å². The van der Waals surface area contributed by atoms with Gasteiger partial charge in [-0.05, 0) is 32.9 Å². The van der Waals surface area contributed by atoms with Crippen LogP contribution in [0.5, 0.6) is 0 Å². The molecule has 0 bridgehead atoms. The first-order chi connectivity index (χ1) is 8.28. The Labute approximate surface area is 112 Å². The van der Waals surface area contributed by atoms with Crippen molar-refractivity contribution in [1.82, 2.24) is 10.3 Å². The van der Waals surface area contributed by atoms with E-state index in [0.29, 0.717) is 11.5 Å². The average Bonchev–Trinajstić information content (AvgIpc) is 2.24. The van der Waals surface area contributed by atoms with E-state index in [-0.39, 0.29) is 23.0 Å². The van der Waals surface area contributed by atoms with Crippen LogP contribution in [0.15, 0.2) is 18.2 Å². The third kappa shape index (κ3) is 5.09. The number of carbonyl (C=O) groups is 1. The lowest BCUT2D eigenvalue weighted by atomic mass is 10.1. The van der Waals surface area contributed by atoms with Crippen LogP contribution in [0.3, 0.4) is 0 Å². The summed E-state index contributed by atoms with van der Waals surface area (Å²) in [6.45, 7) is 5.94. The maximum Gasteiger partial charge on any atom is 0.239 e. The molecule has 0 aliphatic carbocycles. The standard InChI is InChI=1S/C12H18N4OS/c1-12(2,3)16-10(17)7-14-9-6-4-5-8(15-9)11(13)18/h4-6H,7H2,1-3H3,(H2,13,18)(H,14,15)(H,16,17). The highest BCUT2D eigenvalue weighted by molar-refractivity contribution is 7.80. The Morgan fingerprint density at radius 1 is 1.44 bits per heavy atom. The van der Waals surface area contributed by atoms with E-state index < -0.39 is 0 Å². The topological polar surface area (TPSA) is 80.0 Å². The quantitative estimate of drug-likeness (QED) is 0.710. The smallest absolute Gasteiger partial charge is 0.239 e. The minimum absolute atomic E-state index is 0.0926. The Bertz CT molecular complexity index is 454. The van der Waals surface area contributed by atoms with Gasteiger partial charge in [-0.1, -0.05) is 18.3 Å². The molecule has 18 heavy (non-hydrogen) atoms. The molecular formula is C12H18N4OS. The number of rotatable bonds is 4. The summed E-state index contributed by atoms with van der Waals surface area (Å²) >= 11 is 4.84. The zero-order valence-electron chi connectivity index (χ0n) is 10.8. The molecule has 0 aliphatic rings. The van der Waals surface area contributed by atoms with Crippen molar-refractivity contribution >= 4 is 28.9 Å². The lowest BCUT2D eigenvalue weighted by Gasteiger charge is -2.20. The monoisotopic (exact) mass is 266 g/mol. The molecule has 0 unspecified atom stereocenters. The molecule has 1 aromatic rings. The maximum atomic E-state index is 11.6. The van der Waals surface area contributed by atoms with E-state index in [9.17, 15) is 4.79 Å². The molecule has 0 spiro atoms. The first kappa shape index (κ1) is 14.4. The molecule has 1 rings (SSSR count). The SMILES string of the molecule is CC(C)(C)NC(=O)CNc1cccc(C(N)=S)n1. The highest BCUT2D eigenvalue weighted by atomic mass is 32.1. The van der Waals surface area contributed by atoms with Crippen LogP contribution in [0.2, 0.25) is 0 Å². The largest absolute Gasteiger partial charge is 0.388 e. The van der Waals surface area contributed by atoms with E-state index in [2.05, 4.69) is 15.6 Å². The first-order valence-corrected chi connectivity index (χ1v) is 6.00. The number of thiocarbonyl (C=S) groups is 1. The summed E-state index contributed by atoms with van der Waals surface area (Å²) in [4.78, 5) is 16.0. The number of pyridine rings is 1. The van der Waals surface area contributed by atoms with Crippen molar-refractivity contribution in [2.45, 2.75) is 26.3 Å². The maximum absolute atomic E-state index is 11.6. The number of nitrogens with zero attached hydrogens (tertiary/aromatic N) is 1. The van der Waals surface area contributed by atoms with Gasteiger partial charge in [0.15, 0.2) is 0 Å². The van der Waals surface area contributed by atoms with Gasteiger partial charge in [0.05, 0.1) is 12.2 Å². The van der Waals surface area contributed by atoms with Crippen LogP contribution in [-0.2, 0) is 4.79 Å². The van der Waals surface area contributed by atoms with Gasteiger partial charge in [-0.2, -0.15) is 0 Å². The number of aromatic nitrogens is 1. The van der Waals surface area contributed by atoms with Gasteiger partial charge >= 0.3 is 0 Å². The van der Waals surface area contributed by atoms with Crippen molar-refractivity contribution in [3.05, 3.63) is 23.9 Å². The lowest BCUT2D eigenvalue weighted by Crippen LogP contribution is -2.43. The molecule has 1 aromatic heterocycles. The fourth-order valence-corrected chi connectivity index (χ4v) is 1.42. The van der Waals surface area contributed by atoms with E-state index in [1.807, 2.05) is 20.8 Å². The third-order valence-corrected chi connectivity index (χ3v) is 2.16. The van der Waals surface area contributed by atoms with Gasteiger partial charge in [-0.25, -0.2) is 4.98 Å². The number of anilines is 1. The Morgan fingerprint density at radius 2 is 2.11 bits per heavy atom. The molecule has 0 aromatic carbocycles. The van der Waals surface area contributed by atoms with Crippen LogP contribution in [0.25, 0.3) is 0 Å². The number of nitrogens with two attached hydrogens (primary N) is 1. The Morgan fingerprint density at radius 3 is 2.67 bits per heavy atom. The van der Waals surface area contributed by atoms with Crippen molar-refractivity contribution in [3.63, 3.8) is 0 Å². The van der Waals surface area contributed by atoms with Gasteiger partial charge < -0.3 is 16.4 Å². The van der Waals surface area contributed by atoms with Crippen LogP contribution in [-0.4, -0.2) is 28.0 Å². The van der Waals surface area contributed by atoms with E-state index in [1.165, 1.54) is 0 Å². The fraction of sp³-hybridized carbons (Fsp3) is 0.417. The Balaban J connectivity index is 2.56. The molecule has 0 aliphatic heterocycles. The number of hydrogen-bond acceptors (Lipinski definition) is 4. The second-order valence-corrected chi connectivity index (χ2v) is 5.36. The second-order valence-electron chi connectivity index (χ2n) is 4.92. The Hall–Kier alpha value is -1.69. The number of carbonyl (C=O) groups excluding carboxylic acids is 1. The van der Waals surface area contributed by atoms with Crippen molar-refractivity contribution in [2.24, 2.45) is 5.73 Å². The average molecular weight is 266 g/mol. The number of amides is 1. The summed E-state index contributed by atoms with van der Waals surface area (Å²) < 4.78 is 0. The summed E-state index contributed by atoms with van der Waals surface area (Å²) in [7, 11) is 0. The predicted octanol–water partition coefficient (Wildman–Crippen LogP) is 1.04. The third-order valence-electron chi connectivity index (χ3n) is 1.95. The normalized spacial score (nSPS) is 10.8. The molecule has 4 N–H and O–H groups in total. The zero-order valence-corrected chi connectivity index (χ0v) is 11.6. The van der Waals surface area contributed by atoms with Crippen molar-refractivity contribution in [3.8, 4) is 0 Å². The van der Waals surface area contributed by atoms with Gasteiger partial charge in [-0.3, -0.25) is 4.79 Å². The molecule has 6 heteroatoms. The summed E-state index contributed by atoms with van der Waals surface area (Å²) in [6, 6.07) is 5.26. The first-order valence-electron chi connectivity index (χ1n) is 5.60. The molecule has 0 saturated carbocycles. The van der Waals surface area contributed by atoms with Gasteiger partial charge in [-0.15, -0.1) is 0 Å². The molecule has 5 nitrogen and oxygen atoms in total. The minimum Gasteiger partial charge on any atom is -0.388 e. The van der Waals surface area contributed by atoms with Crippen molar-refractivity contribution in [1.29, 1.82) is 0 Å². The van der Waals surface area contributed by atoms with Crippen LogP contribution in [0, 0.1) is 0 Å².